The van der Waals surface area contributed by atoms with E-state index < -0.39 is 0 Å². The zero-order chi connectivity index (χ0) is 15.9. The smallest absolute Gasteiger partial charge is 0.240 e. The highest BCUT2D eigenvalue weighted by Crippen LogP contribution is 2.17. The Morgan fingerprint density at radius 2 is 2.27 bits per heavy atom. The van der Waals surface area contributed by atoms with Crippen LogP contribution in [0, 0.1) is 6.92 Å². The first-order chi connectivity index (χ1) is 10.6. The largest absolute Gasteiger partial charge is 0.361 e. The topological polar surface area (TPSA) is 84.2 Å². The molecule has 1 N–H and O–H groups in total. The van der Waals surface area contributed by atoms with Crippen molar-refractivity contribution in [3.63, 3.8) is 0 Å². The predicted octanol–water partition coefficient (Wildman–Crippen LogP) is 2.25. The lowest BCUT2D eigenvalue weighted by Crippen LogP contribution is -2.29. The fourth-order valence-electron chi connectivity index (χ4n) is 1.96. The number of carbonyl (C=O) groups is 1. The van der Waals surface area contributed by atoms with Crippen molar-refractivity contribution in [3.8, 4) is 0 Å². The van der Waals surface area contributed by atoms with Crippen LogP contribution in [0.1, 0.15) is 36.2 Å². The average Bonchev–Trinajstić information content (AvgIpc) is 3.05. The minimum absolute atomic E-state index is 0.110. The molecule has 0 atom stereocenters. The van der Waals surface area contributed by atoms with E-state index in [1.165, 1.54) is 11.3 Å². The molecular weight excluding hydrogens is 302 g/mol. The number of unbranched alkanes of at least 4 members (excludes halogenated alkanes) is 1. The van der Waals surface area contributed by atoms with Gasteiger partial charge in [0, 0.05) is 19.0 Å². The number of nitrogens with zero attached hydrogens (tertiary/aromatic N) is 4. The number of amides is 1. The molecule has 0 radical (unpaired) electrons. The van der Waals surface area contributed by atoms with Gasteiger partial charge in [-0.05, 0) is 20.4 Å². The Hall–Kier alpha value is -1.80. The number of aryl methyl sites for hydroxylation is 2. The maximum absolute atomic E-state index is 12.0. The Bertz CT molecular complexity index is 610. The molecule has 0 fully saturated rings. The van der Waals surface area contributed by atoms with Gasteiger partial charge in [0.1, 0.15) is 10.8 Å². The van der Waals surface area contributed by atoms with E-state index in [1.807, 2.05) is 24.9 Å². The van der Waals surface area contributed by atoms with Gasteiger partial charge in [-0.25, -0.2) is 0 Å². The maximum atomic E-state index is 12.0. The minimum Gasteiger partial charge on any atom is -0.361 e. The lowest BCUT2D eigenvalue weighted by molar-refractivity contribution is -0.117. The summed E-state index contributed by atoms with van der Waals surface area (Å²) < 4.78 is 5.01. The quantitative estimate of drug-likeness (QED) is 0.802. The number of hydrogen-bond acceptors (Lipinski definition) is 7. The summed E-state index contributed by atoms with van der Waals surface area (Å²) >= 11 is 1.44. The van der Waals surface area contributed by atoms with Gasteiger partial charge in [0.2, 0.25) is 11.0 Å². The van der Waals surface area contributed by atoms with Gasteiger partial charge in [-0.15, -0.1) is 10.2 Å². The lowest BCUT2D eigenvalue weighted by atomic mass is 10.3. The van der Waals surface area contributed by atoms with E-state index in [9.17, 15) is 4.79 Å². The number of nitrogens with one attached hydrogen (secondary N) is 1. The third-order valence-electron chi connectivity index (χ3n) is 2.98. The average molecular weight is 323 g/mol. The van der Waals surface area contributed by atoms with Gasteiger partial charge < -0.3 is 4.52 Å². The molecule has 0 aromatic carbocycles. The molecule has 2 rings (SSSR count). The third-order valence-corrected chi connectivity index (χ3v) is 3.88. The van der Waals surface area contributed by atoms with Crippen molar-refractivity contribution >= 4 is 22.4 Å². The van der Waals surface area contributed by atoms with E-state index in [2.05, 4.69) is 27.6 Å². The van der Waals surface area contributed by atoms with Gasteiger partial charge >= 0.3 is 0 Å². The van der Waals surface area contributed by atoms with E-state index in [1.54, 1.807) is 0 Å². The van der Waals surface area contributed by atoms with Crippen LogP contribution in [-0.2, 0) is 17.8 Å². The first kappa shape index (κ1) is 16.6. The molecule has 0 aliphatic carbocycles. The van der Waals surface area contributed by atoms with Gasteiger partial charge in [0.15, 0.2) is 0 Å². The molecule has 2 aromatic heterocycles. The molecule has 1 amide bonds. The first-order valence-electron chi connectivity index (χ1n) is 7.29. The van der Waals surface area contributed by atoms with Crippen LogP contribution in [0.15, 0.2) is 10.6 Å². The van der Waals surface area contributed by atoms with Crippen molar-refractivity contribution in [2.45, 2.75) is 39.7 Å². The van der Waals surface area contributed by atoms with Crippen LogP contribution in [0.25, 0.3) is 0 Å². The van der Waals surface area contributed by atoms with Crippen molar-refractivity contribution in [1.82, 2.24) is 20.3 Å². The molecule has 0 unspecified atom stereocenters. The van der Waals surface area contributed by atoms with E-state index in [0.717, 1.165) is 35.7 Å². The third kappa shape index (κ3) is 5.19. The summed E-state index contributed by atoms with van der Waals surface area (Å²) in [5.41, 5.74) is 0.811. The molecule has 2 aromatic rings. The van der Waals surface area contributed by atoms with Gasteiger partial charge in [-0.3, -0.25) is 15.0 Å². The summed E-state index contributed by atoms with van der Waals surface area (Å²) in [5, 5.41) is 16.3. The zero-order valence-electron chi connectivity index (χ0n) is 13.1. The second-order valence-electron chi connectivity index (χ2n) is 5.25. The second kappa shape index (κ2) is 8.00. The highest BCUT2D eigenvalue weighted by Gasteiger charge is 2.12. The molecule has 0 aliphatic rings. The van der Waals surface area contributed by atoms with Crippen molar-refractivity contribution < 1.29 is 9.32 Å². The zero-order valence-corrected chi connectivity index (χ0v) is 13.9. The Morgan fingerprint density at radius 3 is 2.95 bits per heavy atom. The number of carbonyl (C=O) groups excluding carboxylic acids is 1. The fourth-order valence-corrected chi connectivity index (χ4v) is 2.76. The van der Waals surface area contributed by atoms with Crippen LogP contribution >= 0.6 is 11.3 Å². The van der Waals surface area contributed by atoms with Gasteiger partial charge in [0.05, 0.1) is 12.2 Å². The normalized spacial score (nSPS) is 11.1. The summed E-state index contributed by atoms with van der Waals surface area (Å²) in [4.78, 5) is 13.9. The van der Waals surface area contributed by atoms with Gasteiger partial charge in [0.25, 0.3) is 0 Å². The summed E-state index contributed by atoms with van der Waals surface area (Å²) in [6.07, 6.45) is 3.12. The van der Waals surface area contributed by atoms with Crippen LogP contribution in [0.5, 0.6) is 0 Å². The monoisotopic (exact) mass is 323 g/mol. The van der Waals surface area contributed by atoms with Crippen LogP contribution in [0.4, 0.5) is 5.13 Å². The van der Waals surface area contributed by atoms with Crippen LogP contribution in [-0.4, -0.2) is 39.8 Å². The number of rotatable bonds is 8. The van der Waals surface area contributed by atoms with Crippen LogP contribution in [0.3, 0.4) is 0 Å². The summed E-state index contributed by atoms with van der Waals surface area (Å²) in [6.45, 7) is 4.79. The predicted molar refractivity (Wildman–Crippen MR) is 84.7 cm³/mol. The second-order valence-corrected chi connectivity index (χ2v) is 6.32. The molecule has 8 heteroatoms. The van der Waals surface area contributed by atoms with E-state index >= 15 is 0 Å². The Morgan fingerprint density at radius 1 is 1.45 bits per heavy atom. The summed E-state index contributed by atoms with van der Waals surface area (Å²) in [7, 11) is 1.86. The minimum atomic E-state index is -0.110. The van der Waals surface area contributed by atoms with Crippen molar-refractivity contribution in [2.24, 2.45) is 0 Å². The molecule has 2 heterocycles. The Kier molecular flexibility index (Phi) is 6.02. The molecule has 120 valence electrons. The van der Waals surface area contributed by atoms with E-state index in [-0.39, 0.29) is 12.5 Å². The summed E-state index contributed by atoms with van der Waals surface area (Å²) in [6, 6.07) is 1.86. The standard InChI is InChI=1S/C14H21N5O2S/c1-4-5-6-13-16-17-14(22-13)15-12(20)9-19(3)8-11-7-10(2)21-18-11/h7H,4-6,8-9H2,1-3H3,(H,15,17,20). The van der Waals surface area contributed by atoms with Crippen LogP contribution < -0.4 is 5.32 Å². The SMILES string of the molecule is CCCCc1nnc(NC(=O)CN(C)Cc2cc(C)on2)s1. The number of aromatic nitrogens is 3. The molecule has 0 saturated carbocycles. The molecule has 7 nitrogen and oxygen atoms in total. The van der Waals surface area contributed by atoms with Gasteiger partial charge in [-0.1, -0.05) is 29.8 Å². The van der Waals surface area contributed by atoms with Crippen molar-refractivity contribution in [2.75, 3.05) is 18.9 Å². The number of anilines is 1. The number of hydrogen-bond donors (Lipinski definition) is 1. The molecule has 22 heavy (non-hydrogen) atoms. The van der Waals surface area contributed by atoms with E-state index in [0.29, 0.717) is 11.7 Å². The molecular formula is C14H21N5O2S. The Labute approximate surface area is 133 Å². The number of likely N-dealkylation sites (N-methyl/N-ethyl adjacent to an activating group) is 1. The van der Waals surface area contributed by atoms with Gasteiger partial charge in [-0.2, -0.15) is 0 Å². The first-order valence-corrected chi connectivity index (χ1v) is 8.11. The van der Waals surface area contributed by atoms with Crippen molar-refractivity contribution in [3.05, 3.63) is 22.5 Å². The van der Waals surface area contributed by atoms with E-state index in [4.69, 9.17) is 4.52 Å². The highest BCUT2D eigenvalue weighted by atomic mass is 32.1. The molecule has 0 aliphatic heterocycles. The highest BCUT2D eigenvalue weighted by molar-refractivity contribution is 7.15. The van der Waals surface area contributed by atoms with Crippen molar-refractivity contribution in [1.29, 1.82) is 0 Å². The Balaban J connectivity index is 1.78. The maximum Gasteiger partial charge on any atom is 0.240 e. The summed E-state index contributed by atoms with van der Waals surface area (Å²) in [5.74, 6) is 0.655. The molecule has 0 spiro atoms. The van der Waals surface area contributed by atoms with Crippen LogP contribution in [0.2, 0.25) is 0 Å². The fraction of sp³-hybridized carbons (Fsp3) is 0.571. The molecule has 0 bridgehead atoms. The molecule has 0 saturated heterocycles. The lowest BCUT2D eigenvalue weighted by Gasteiger charge is -2.13.